The molecule has 4 saturated carbocycles. The SMILES string of the molecule is CC(C)=CCC[C@](C)(OC1OC(COC2OC(CO)C(O)C(O)C2O)C(O)[C@@H](O)C1O)[C@H]1CC[C@]2(C)C1C(O)C[C@@H]1C3(C)CCC(OC4OC(CO)C(O)C(O)C4OC4OC(CO)C(O)C(O)C4O)C(C)(C)[C@@H]3CCC12C. The minimum Gasteiger partial charge on any atom is -0.394 e. The Kier molecular flexibility index (Phi) is 18.9. The molecule has 8 aliphatic rings. The molecular weight excluding hydrogens is 1020 g/mol. The summed E-state index contributed by atoms with van der Waals surface area (Å²) in [6.45, 7) is 14.6. The maximum absolute atomic E-state index is 12.8. The molecule has 4 aliphatic carbocycles. The van der Waals surface area contributed by atoms with Gasteiger partial charge in [0.1, 0.15) is 97.7 Å². The molecule has 0 aromatic rings. The number of hydrogen-bond acceptors (Lipinski definition) is 23. The minimum atomic E-state index is -1.82. The van der Waals surface area contributed by atoms with Gasteiger partial charge in [0.25, 0.3) is 0 Å². The predicted molar refractivity (Wildman–Crippen MR) is 266 cm³/mol. The third-order valence-corrected chi connectivity index (χ3v) is 20.9. The number of allylic oxidation sites excluding steroid dienone is 2. The van der Waals surface area contributed by atoms with Gasteiger partial charge in [-0.2, -0.15) is 0 Å². The Bertz CT molecular complexity index is 1990. The fourth-order valence-corrected chi connectivity index (χ4v) is 16.3. The Labute approximate surface area is 450 Å². The second kappa shape index (κ2) is 23.5. The van der Waals surface area contributed by atoms with Crippen LogP contribution in [0.15, 0.2) is 11.6 Å². The van der Waals surface area contributed by atoms with Gasteiger partial charge in [0.05, 0.1) is 44.2 Å². The average molecular weight is 1110 g/mol. The van der Waals surface area contributed by atoms with Crippen molar-refractivity contribution in [1.29, 1.82) is 0 Å². The van der Waals surface area contributed by atoms with Crippen molar-refractivity contribution in [1.82, 2.24) is 0 Å². The Morgan fingerprint density at radius 2 is 1.05 bits per heavy atom. The zero-order valence-corrected chi connectivity index (χ0v) is 45.8. The van der Waals surface area contributed by atoms with Crippen LogP contribution < -0.4 is 0 Å². The van der Waals surface area contributed by atoms with Gasteiger partial charge in [-0.1, -0.05) is 46.3 Å². The summed E-state index contributed by atoms with van der Waals surface area (Å²) in [6, 6.07) is 0. The van der Waals surface area contributed by atoms with Crippen LogP contribution in [0, 0.1) is 45.3 Å². The van der Waals surface area contributed by atoms with Crippen LogP contribution in [-0.4, -0.2) is 244 Å². The first-order chi connectivity index (χ1) is 36.0. The van der Waals surface area contributed by atoms with E-state index in [1.54, 1.807) is 0 Å². The van der Waals surface area contributed by atoms with Gasteiger partial charge < -0.3 is 114 Å². The van der Waals surface area contributed by atoms with Gasteiger partial charge in [-0.15, -0.1) is 0 Å². The van der Waals surface area contributed by atoms with E-state index in [0.29, 0.717) is 38.5 Å². The number of aliphatic hydroxyl groups is 15. The van der Waals surface area contributed by atoms with Crippen molar-refractivity contribution in [3.8, 4) is 0 Å². The molecule has 23 nitrogen and oxygen atoms in total. The smallest absolute Gasteiger partial charge is 0.187 e. The maximum atomic E-state index is 12.8. The van der Waals surface area contributed by atoms with Gasteiger partial charge in [-0.25, -0.2) is 0 Å². The summed E-state index contributed by atoms with van der Waals surface area (Å²) in [5.74, 6) is -0.475. The maximum Gasteiger partial charge on any atom is 0.187 e. The van der Waals surface area contributed by atoms with Crippen molar-refractivity contribution < 1.29 is 114 Å². The molecule has 24 unspecified atom stereocenters. The molecular formula is C54H92O23. The summed E-state index contributed by atoms with van der Waals surface area (Å²) in [7, 11) is 0. The molecule has 0 spiro atoms. The minimum absolute atomic E-state index is 0.0374. The van der Waals surface area contributed by atoms with E-state index in [1.807, 2.05) is 20.8 Å². The van der Waals surface area contributed by atoms with Crippen molar-refractivity contribution in [2.45, 2.75) is 254 Å². The van der Waals surface area contributed by atoms with Crippen molar-refractivity contribution in [3.63, 3.8) is 0 Å². The molecule has 0 aromatic carbocycles. The Morgan fingerprint density at radius 1 is 0.545 bits per heavy atom. The highest BCUT2D eigenvalue weighted by atomic mass is 16.8. The monoisotopic (exact) mass is 1110 g/mol. The third-order valence-electron chi connectivity index (χ3n) is 20.9. The van der Waals surface area contributed by atoms with Crippen molar-refractivity contribution >= 4 is 0 Å². The van der Waals surface area contributed by atoms with Crippen molar-refractivity contribution in [2.24, 2.45) is 45.3 Å². The van der Waals surface area contributed by atoms with E-state index >= 15 is 0 Å². The number of ether oxygens (including phenoxy) is 8. The van der Waals surface area contributed by atoms with E-state index in [-0.39, 0.29) is 34.5 Å². The van der Waals surface area contributed by atoms with Gasteiger partial charge in [0, 0.05) is 0 Å². The van der Waals surface area contributed by atoms with Gasteiger partial charge in [-0.05, 0) is 124 Å². The topological polar surface area (TPSA) is 377 Å². The molecule has 23 heteroatoms. The van der Waals surface area contributed by atoms with Crippen LogP contribution in [0.5, 0.6) is 0 Å². The van der Waals surface area contributed by atoms with Crippen molar-refractivity contribution in [2.75, 3.05) is 26.4 Å². The highest BCUT2D eigenvalue weighted by Crippen LogP contribution is 2.76. The first-order valence-electron chi connectivity index (χ1n) is 27.9. The number of hydrogen-bond donors (Lipinski definition) is 15. The van der Waals surface area contributed by atoms with Crippen LogP contribution in [0.25, 0.3) is 0 Å². The average Bonchev–Trinajstić information content (AvgIpc) is 3.96. The number of fused-ring (bicyclic) bond motifs is 5. The Morgan fingerprint density at radius 3 is 1.64 bits per heavy atom. The van der Waals surface area contributed by atoms with E-state index in [4.69, 9.17) is 37.9 Å². The fraction of sp³-hybridized carbons (Fsp3) is 0.963. The summed E-state index contributed by atoms with van der Waals surface area (Å²) in [4.78, 5) is 0. The number of aliphatic hydroxyl groups excluding tert-OH is 15. The largest absolute Gasteiger partial charge is 0.394 e. The van der Waals surface area contributed by atoms with Gasteiger partial charge >= 0.3 is 0 Å². The Balaban J connectivity index is 1.01. The first-order valence-corrected chi connectivity index (χ1v) is 27.9. The summed E-state index contributed by atoms with van der Waals surface area (Å²) in [5, 5.41) is 162. The molecule has 0 amide bonds. The summed E-state index contributed by atoms with van der Waals surface area (Å²) in [6.07, 6.45) is -25.2. The van der Waals surface area contributed by atoms with Gasteiger partial charge in [0.15, 0.2) is 25.2 Å². The highest BCUT2D eigenvalue weighted by molar-refractivity contribution is 5.20. The zero-order chi connectivity index (χ0) is 56.6. The fourth-order valence-electron chi connectivity index (χ4n) is 16.3. The molecule has 4 saturated heterocycles. The van der Waals surface area contributed by atoms with E-state index in [2.05, 4.69) is 40.7 Å². The summed E-state index contributed by atoms with van der Waals surface area (Å²) in [5.41, 5.74) is -1.59. The lowest BCUT2D eigenvalue weighted by Gasteiger charge is -2.71. The van der Waals surface area contributed by atoms with Crippen LogP contribution in [0.1, 0.15) is 113 Å². The lowest BCUT2D eigenvalue weighted by Crippen LogP contribution is -2.68. The normalized spacial score (nSPS) is 52.7. The quantitative estimate of drug-likeness (QED) is 0.0576. The predicted octanol–water partition coefficient (Wildman–Crippen LogP) is -2.20. The number of rotatable bonds is 16. The first kappa shape index (κ1) is 61.9. The standard InChI is InChI=1S/C54H92O23/c1-23(2)10-9-14-54(8,77-48-44(69)40(65)37(62)29(74-48)22-70-46-42(67)38(63)34(59)26(19-55)71-46)24-11-16-53(7)33(24)25(58)18-31-51(5)15-13-32(50(3,4)30(51)12-17-52(31,53)6)75-49-45(41(66)36(61)28(21-57)73-49)76-47-43(68)39(64)35(60)27(20-56)72-47/h10,24-49,55-69H,9,11-22H2,1-8H3/t24-,25?,26?,27?,28?,29?,30-,31+,32?,33?,34?,35?,36?,37?,38?,39?,40+,41?,42?,43?,44?,45?,46?,47?,48?,49?,51?,52?,53+,54-/m0/s1. The molecule has 15 N–H and O–H groups in total. The molecule has 0 radical (unpaired) electrons. The second-order valence-electron chi connectivity index (χ2n) is 25.7. The van der Waals surface area contributed by atoms with E-state index < -0.39 is 178 Å². The molecule has 30 atom stereocenters. The highest BCUT2D eigenvalue weighted by Gasteiger charge is 2.72. The van der Waals surface area contributed by atoms with Gasteiger partial charge in [-0.3, -0.25) is 0 Å². The zero-order valence-electron chi connectivity index (χ0n) is 45.8. The second-order valence-corrected chi connectivity index (χ2v) is 25.7. The molecule has 8 fully saturated rings. The van der Waals surface area contributed by atoms with Crippen LogP contribution in [-0.2, 0) is 37.9 Å². The molecule has 0 bridgehead atoms. The van der Waals surface area contributed by atoms with Crippen LogP contribution in [0.4, 0.5) is 0 Å². The molecule has 4 heterocycles. The molecule has 77 heavy (non-hydrogen) atoms. The van der Waals surface area contributed by atoms with E-state index in [1.165, 1.54) is 0 Å². The Hall–Kier alpha value is -1.18. The van der Waals surface area contributed by atoms with Crippen LogP contribution in [0.3, 0.4) is 0 Å². The third kappa shape index (κ3) is 10.9. The molecule has 446 valence electrons. The molecule has 0 aromatic heterocycles. The van der Waals surface area contributed by atoms with Crippen LogP contribution in [0.2, 0.25) is 0 Å². The van der Waals surface area contributed by atoms with Crippen LogP contribution >= 0.6 is 0 Å². The molecule has 8 rings (SSSR count). The van der Waals surface area contributed by atoms with E-state index in [9.17, 15) is 76.6 Å². The molecule has 4 aliphatic heterocycles. The summed E-state index contributed by atoms with van der Waals surface area (Å²) >= 11 is 0. The lowest BCUT2D eigenvalue weighted by molar-refractivity contribution is -0.378. The summed E-state index contributed by atoms with van der Waals surface area (Å²) < 4.78 is 48.9. The van der Waals surface area contributed by atoms with Gasteiger partial charge in [0.2, 0.25) is 0 Å². The van der Waals surface area contributed by atoms with Crippen molar-refractivity contribution in [3.05, 3.63) is 11.6 Å². The van der Waals surface area contributed by atoms with E-state index in [0.717, 1.165) is 24.8 Å². The lowest BCUT2D eigenvalue weighted by atomic mass is 9.35.